The Hall–Kier alpha value is -1.47. The van der Waals surface area contributed by atoms with Gasteiger partial charge in [-0.3, -0.25) is 0 Å². The van der Waals surface area contributed by atoms with Crippen LogP contribution in [0.4, 0.5) is 0 Å². The summed E-state index contributed by atoms with van der Waals surface area (Å²) >= 11 is 0. The molecular weight excluding hydrogens is 276 g/mol. The summed E-state index contributed by atoms with van der Waals surface area (Å²) < 4.78 is 20.4. The maximum atomic E-state index is 11.3. The maximum absolute atomic E-state index is 11.3. The number of hydrogen-bond donors (Lipinski definition) is 1. The molecule has 1 rings (SSSR count). The van der Waals surface area contributed by atoms with Crippen LogP contribution in [-0.2, 0) is 25.6 Å². The van der Waals surface area contributed by atoms with Gasteiger partial charge >= 0.3 is 5.97 Å². The third kappa shape index (κ3) is 7.77. The summed E-state index contributed by atoms with van der Waals surface area (Å²) in [5, 5.41) is 8.50. The molecule has 21 heavy (non-hydrogen) atoms. The summed E-state index contributed by atoms with van der Waals surface area (Å²) in [7, 11) is 1.36. The Labute approximate surface area is 124 Å². The van der Waals surface area contributed by atoms with Crippen molar-refractivity contribution in [3.05, 3.63) is 35.4 Å². The van der Waals surface area contributed by atoms with Crippen LogP contribution >= 0.6 is 0 Å². The molecule has 1 aromatic rings. The standard InChI is InChI=1S/C15H22O6/c1-18-15(17)14-4-2-13(3-5-14)12-21-11-10-20-9-8-19-7-6-16/h2-5,16H,6-12H2,1H3. The van der Waals surface area contributed by atoms with E-state index in [0.29, 0.717) is 45.2 Å². The summed E-state index contributed by atoms with van der Waals surface area (Å²) in [5.74, 6) is -0.348. The van der Waals surface area contributed by atoms with E-state index in [2.05, 4.69) is 4.74 Å². The number of hydrogen-bond acceptors (Lipinski definition) is 6. The Balaban J connectivity index is 2.06. The molecule has 0 heterocycles. The van der Waals surface area contributed by atoms with Gasteiger partial charge in [-0.05, 0) is 17.7 Å². The average Bonchev–Trinajstić information content (AvgIpc) is 2.53. The first-order valence-corrected chi connectivity index (χ1v) is 6.79. The Bertz CT molecular complexity index is 390. The number of benzene rings is 1. The van der Waals surface area contributed by atoms with Crippen molar-refractivity contribution in [2.24, 2.45) is 0 Å². The van der Waals surface area contributed by atoms with E-state index in [-0.39, 0.29) is 12.6 Å². The minimum Gasteiger partial charge on any atom is -0.465 e. The smallest absolute Gasteiger partial charge is 0.337 e. The second-order valence-electron chi connectivity index (χ2n) is 4.19. The van der Waals surface area contributed by atoms with Gasteiger partial charge in [-0.1, -0.05) is 12.1 Å². The van der Waals surface area contributed by atoms with E-state index >= 15 is 0 Å². The highest BCUT2D eigenvalue weighted by Gasteiger charge is 2.04. The summed E-state index contributed by atoms with van der Waals surface area (Å²) in [4.78, 5) is 11.3. The number of aliphatic hydroxyl groups excluding tert-OH is 1. The SMILES string of the molecule is COC(=O)c1ccc(COCCOCCOCCO)cc1. The van der Waals surface area contributed by atoms with Gasteiger partial charge < -0.3 is 24.1 Å². The highest BCUT2D eigenvalue weighted by atomic mass is 16.5. The van der Waals surface area contributed by atoms with Crippen LogP contribution in [0.1, 0.15) is 15.9 Å². The van der Waals surface area contributed by atoms with Crippen molar-refractivity contribution in [2.75, 3.05) is 46.8 Å². The van der Waals surface area contributed by atoms with Crippen molar-refractivity contribution >= 4 is 5.97 Å². The molecule has 0 aromatic heterocycles. The molecule has 0 saturated carbocycles. The van der Waals surface area contributed by atoms with E-state index in [9.17, 15) is 4.79 Å². The lowest BCUT2D eigenvalue weighted by atomic mass is 10.1. The molecule has 0 spiro atoms. The van der Waals surface area contributed by atoms with Crippen LogP contribution < -0.4 is 0 Å². The van der Waals surface area contributed by atoms with Gasteiger partial charge in [0.2, 0.25) is 0 Å². The first-order valence-electron chi connectivity index (χ1n) is 6.79. The van der Waals surface area contributed by atoms with Crippen LogP contribution in [0.2, 0.25) is 0 Å². The van der Waals surface area contributed by atoms with Crippen molar-refractivity contribution in [2.45, 2.75) is 6.61 Å². The largest absolute Gasteiger partial charge is 0.465 e. The second kappa shape index (κ2) is 11.2. The summed E-state index contributed by atoms with van der Waals surface area (Å²) in [5.41, 5.74) is 1.50. The molecule has 0 aliphatic carbocycles. The Morgan fingerprint density at radius 1 is 0.952 bits per heavy atom. The third-order valence-corrected chi connectivity index (χ3v) is 2.62. The highest BCUT2D eigenvalue weighted by molar-refractivity contribution is 5.89. The zero-order valence-corrected chi connectivity index (χ0v) is 12.2. The number of methoxy groups -OCH3 is 1. The molecule has 0 aliphatic rings. The van der Waals surface area contributed by atoms with Crippen LogP contribution in [0.15, 0.2) is 24.3 Å². The van der Waals surface area contributed by atoms with Gasteiger partial charge in [0, 0.05) is 0 Å². The van der Waals surface area contributed by atoms with Crippen LogP contribution in [0.5, 0.6) is 0 Å². The molecule has 0 atom stereocenters. The van der Waals surface area contributed by atoms with Crippen molar-refractivity contribution in [3.8, 4) is 0 Å². The molecule has 6 nitrogen and oxygen atoms in total. The lowest BCUT2D eigenvalue weighted by Crippen LogP contribution is -2.10. The zero-order valence-electron chi connectivity index (χ0n) is 12.2. The Morgan fingerprint density at radius 3 is 2.10 bits per heavy atom. The van der Waals surface area contributed by atoms with Crippen LogP contribution in [0.25, 0.3) is 0 Å². The highest BCUT2D eigenvalue weighted by Crippen LogP contribution is 2.06. The molecule has 0 fully saturated rings. The monoisotopic (exact) mass is 298 g/mol. The van der Waals surface area contributed by atoms with Crippen LogP contribution in [-0.4, -0.2) is 57.8 Å². The van der Waals surface area contributed by atoms with E-state index < -0.39 is 0 Å². The number of ether oxygens (including phenoxy) is 4. The van der Waals surface area contributed by atoms with Crippen LogP contribution in [0, 0.1) is 0 Å². The van der Waals surface area contributed by atoms with Crippen molar-refractivity contribution < 1.29 is 28.8 Å². The van der Waals surface area contributed by atoms with E-state index in [1.165, 1.54) is 7.11 Å². The zero-order chi connectivity index (χ0) is 15.3. The second-order valence-corrected chi connectivity index (χ2v) is 4.19. The van der Waals surface area contributed by atoms with Crippen molar-refractivity contribution in [1.82, 2.24) is 0 Å². The molecule has 0 bridgehead atoms. The fourth-order valence-corrected chi connectivity index (χ4v) is 1.55. The van der Waals surface area contributed by atoms with Gasteiger partial charge in [0.1, 0.15) is 0 Å². The summed E-state index contributed by atoms with van der Waals surface area (Å²) in [6, 6.07) is 7.07. The average molecular weight is 298 g/mol. The maximum Gasteiger partial charge on any atom is 0.337 e. The summed E-state index contributed by atoms with van der Waals surface area (Å²) in [6.45, 7) is 2.75. The minimum atomic E-state index is -0.348. The number of aliphatic hydroxyl groups is 1. The molecule has 0 aliphatic heterocycles. The molecule has 6 heteroatoms. The van der Waals surface area contributed by atoms with Gasteiger partial charge in [-0.25, -0.2) is 4.79 Å². The fraction of sp³-hybridized carbons (Fsp3) is 0.533. The molecule has 0 unspecified atom stereocenters. The van der Waals surface area contributed by atoms with E-state index in [1.54, 1.807) is 12.1 Å². The lowest BCUT2D eigenvalue weighted by Gasteiger charge is -2.07. The molecule has 0 amide bonds. The van der Waals surface area contributed by atoms with E-state index in [1.807, 2.05) is 12.1 Å². The fourth-order valence-electron chi connectivity index (χ4n) is 1.55. The molecular formula is C15H22O6. The van der Waals surface area contributed by atoms with E-state index in [0.717, 1.165) is 5.56 Å². The van der Waals surface area contributed by atoms with Gasteiger partial charge in [0.05, 0.1) is 58.9 Å². The van der Waals surface area contributed by atoms with Crippen LogP contribution in [0.3, 0.4) is 0 Å². The predicted octanol–water partition coefficient (Wildman–Crippen LogP) is 1.02. The van der Waals surface area contributed by atoms with Crippen molar-refractivity contribution in [3.63, 3.8) is 0 Å². The minimum absolute atomic E-state index is 0.0257. The Morgan fingerprint density at radius 2 is 1.52 bits per heavy atom. The number of esters is 1. The Kier molecular flexibility index (Phi) is 9.39. The lowest BCUT2D eigenvalue weighted by molar-refractivity contribution is 0.00450. The first-order chi connectivity index (χ1) is 10.3. The topological polar surface area (TPSA) is 74.2 Å². The van der Waals surface area contributed by atoms with E-state index in [4.69, 9.17) is 19.3 Å². The molecule has 1 N–H and O–H groups in total. The number of carbonyl (C=O) groups excluding carboxylic acids is 1. The number of carbonyl (C=O) groups is 1. The molecule has 0 saturated heterocycles. The van der Waals surface area contributed by atoms with Gasteiger partial charge in [0.25, 0.3) is 0 Å². The summed E-state index contributed by atoms with van der Waals surface area (Å²) in [6.07, 6.45) is 0. The third-order valence-electron chi connectivity index (χ3n) is 2.62. The quantitative estimate of drug-likeness (QED) is 0.485. The normalized spacial score (nSPS) is 10.6. The van der Waals surface area contributed by atoms with Gasteiger partial charge in [-0.15, -0.1) is 0 Å². The first kappa shape index (κ1) is 17.6. The molecule has 1 aromatic carbocycles. The van der Waals surface area contributed by atoms with Crippen molar-refractivity contribution in [1.29, 1.82) is 0 Å². The predicted molar refractivity (Wildman–Crippen MR) is 76.2 cm³/mol. The number of rotatable bonds is 11. The van der Waals surface area contributed by atoms with Gasteiger partial charge in [0.15, 0.2) is 0 Å². The molecule has 118 valence electrons. The van der Waals surface area contributed by atoms with Gasteiger partial charge in [-0.2, -0.15) is 0 Å². The molecule has 0 radical (unpaired) electrons.